The van der Waals surface area contributed by atoms with Gasteiger partial charge in [0.25, 0.3) is 0 Å². The summed E-state index contributed by atoms with van der Waals surface area (Å²) in [6.45, 7) is 1.13. The summed E-state index contributed by atoms with van der Waals surface area (Å²) in [6, 6.07) is 0. The quantitative estimate of drug-likeness (QED) is 0.854. The van der Waals surface area contributed by atoms with Crippen molar-refractivity contribution in [3.63, 3.8) is 0 Å². The number of carboxylic acid groups (broad SMARTS) is 1. The van der Waals surface area contributed by atoms with Crippen LogP contribution in [0.25, 0.3) is 0 Å². The molecule has 2 atom stereocenters. The van der Waals surface area contributed by atoms with E-state index < -0.39 is 5.97 Å². The maximum absolute atomic E-state index is 12.1. The summed E-state index contributed by atoms with van der Waals surface area (Å²) in [4.78, 5) is 24.9. The molecule has 2 heterocycles. The van der Waals surface area contributed by atoms with Gasteiger partial charge in [-0.25, -0.2) is 0 Å². The fourth-order valence-electron chi connectivity index (χ4n) is 2.38. The second-order valence-electron chi connectivity index (χ2n) is 4.79. The van der Waals surface area contributed by atoms with E-state index in [4.69, 9.17) is 5.11 Å². The highest BCUT2D eigenvalue weighted by Crippen LogP contribution is 2.27. The Hall–Kier alpha value is -0.360. The first-order valence-electron chi connectivity index (χ1n) is 6.36. The molecule has 2 fully saturated rings. The third-order valence-electron chi connectivity index (χ3n) is 3.41. The van der Waals surface area contributed by atoms with Crippen LogP contribution in [0.5, 0.6) is 0 Å². The maximum atomic E-state index is 12.1. The molecule has 2 saturated heterocycles. The molecule has 1 amide bonds. The van der Waals surface area contributed by atoms with Gasteiger partial charge in [0.15, 0.2) is 0 Å². The number of rotatable bonds is 3. The van der Waals surface area contributed by atoms with Gasteiger partial charge in [-0.15, -0.1) is 0 Å². The number of aliphatic carboxylic acids is 1. The van der Waals surface area contributed by atoms with Crippen LogP contribution in [0.1, 0.15) is 19.3 Å². The van der Waals surface area contributed by atoms with E-state index in [1.807, 2.05) is 23.5 Å². The Morgan fingerprint density at radius 3 is 2.83 bits per heavy atom. The molecule has 0 aromatic carbocycles. The van der Waals surface area contributed by atoms with Crippen molar-refractivity contribution in [1.82, 2.24) is 4.90 Å². The number of thioether (sulfide) groups is 2. The van der Waals surface area contributed by atoms with Crippen molar-refractivity contribution < 1.29 is 14.7 Å². The zero-order chi connectivity index (χ0) is 13.0. The zero-order valence-corrected chi connectivity index (χ0v) is 12.0. The van der Waals surface area contributed by atoms with E-state index in [1.165, 1.54) is 5.75 Å². The van der Waals surface area contributed by atoms with Crippen molar-refractivity contribution in [3.05, 3.63) is 0 Å². The van der Waals surface area contributed by atoms with E-state index in [0.717, 1.165) is 24.5 Å². The Balaban J connectivity index is 1.82. The van der Waals surface area contributed by atoms with E-state index in [0.29, 0.717) is 24.6 Å². The number of likely N-dealkylation sites (tertiary alicyclic amines) is 1. The predicted octanol–water partition coefficient (Wildman–Crippen LogP) is 1.55. The van der Waals surface area contributed by atoms with E-state index in [-0.39, 0.29) is 11.8 Å². The van der Waals surface area contributed by atoms with Crippen molar-refractivity contribution in [2.24, 2.45) is 5.92 Å². The van der Waals surface area contributed by atoms with Crippen molar-refractivity contribution in [2.75, 3.05) is 30.3 Å². The van der Waals surface area contributed by atoms with Crippen molar-refractivity contribution >= 4 is 35.4 Å². The molecule has 0 radical (unpaired) electrons. The van der Waals surface area contributed by atoms with E-state index in [9.17, 15) is 9.59 Å². The molecule has 0 saturated carbocycles. The molecule has 1 unspecified atom stereocenters. The molecule has 2 rings (SSSR count). The highest BCUT2D eigenvalue weighted by molar-refractivity contribution is 8.06. The number of nitrogens with zero attached hydrogens (tertiary/aromatic N) is 1. The first-order valence-corrected chi connectivity index (χ1v) is 8.57. The lowest BCUT2D eigenvalue weighted by atomic mass is 9.98. The Morgan fingerprint density at radius 2 is 2.17 bits per heavy atom. The standard InChI is InChI=1S/C12H19NO3S2/c14-11(6-10-8-17-4-5-18-10)13-3-1-2-9(7-13)12(15)16/h9-10H,1-8H2,(H,15,16)/t9-,10?/m0/s1. The minimum Gasteiger partial charge on any atom is -0.481 e. The minimum absolute atomic E-state index is 0.140. The molecule has 102 valence electrons. The Bertz CT molecular complexity index is 318. The zero-order valence-electron chi connectivity index (χ0n) is 10.3. The molecule has 6 heteroatoms. The number of carboxylic acids is 1. The predicted molar refractivity (Wildman–Crippen MR) is 75.1 cm³/mol. The second-order valence-corrected chi connectivity index (χ2v) is 7.35. The molecule has 1 N–H and O–H groups in total. The van der Waals surface area contributed by atoms with Crippen LogP contribution in [0, 0.1) is 5.92 Å². The van der Waals surface area contributed by atoms with Crippen LogP contribution in [-0.2, 0) is 9.59 Å². The first-order chi connectivity index (χ1) is 8.66. The fraction of sp³-hybridized carbons (Fsp3) is 0.833. The lowest BCUT2D eigenvalue weighted by Gasteiger charge is -2.32. The van der Waals surface area contributed by atoms with Gasteiger partial charge in [-0.2, -0.15) is 23.5 Å². The number of carbonyl (C=O) groups excluding carboxylic acids is 1. The smallest absolute Gasteiger partial charge is 0.308 e. The summed E-state index contributed by atoms with van der Waals surface area (Å²) in [5.74, 6) is 2.36. The van der Waals surface area contributed by atoms with Crippen molar-refractivity contribution in [1.29, 1.82) is 0 Å². The highest BCUT2D eigenvalue weighted by Gasteiger charge is 2.29. The maximum Gasteiger partial charge on any atom is 0.308 e. The Morgan fingerprint density at radius 1 is 1.33 bits per heavy atom. The summed E-state index contributed by atoms with van der Waals surface area (Å²) >= 11 is 3.79. The number of carbonyl (C=O) groups is 2. The van der Waals surface area contributed by atoms with Crippen LogP contribution >= 0.6 is 23.5 Å². The minimum atomic E-state index is -0.768. The molecular weight excluding hydrogens is 270 g/mol. The van der Waals surface area contributed by atoms with Gasteiger partial charge in [0.1, 0.15) is 0 Å². The Labute approximate surface area is 116 Å². The van der Waals surface area contributed by atoms with E-state index in [1.54, 1.807) is 4.90 Å². The third kappa shape index (κ3) is 3.82. The monoisotopic (exact) mass is 289 g/mol. The second kappa shape index (κ2) is 6.70. The van der Waals surface area contributed by atoms with E-state index in [2.05, 4.69) is 0 Å². The summed E-state index contributed by atoms with van der Waals surface area (Å²) in [7, 11) is 0. The van der Waals surface area contributed by atoms with Gasteiger partial charge in [-0.05, 0) is 12.8 Å². The normalized spacial score (nSPS) is 29.0. The van der Waals surface area contributed by atoms with Gasteiger partial charge >= 0.3 is 5.97 Å². The van der Waals surface area contributed by atoms with Gasteiger partial charge in [-0.3, -0.25) is 9.59 Å². The van der Waals surface area contributed by atoms with Crippen molar-refractivity contribution in [3.8, 4) is 0 Å². The average Bonchev–Trinajstić information content (AvgIpc) is 2.40. The van der Waals surface area contributed by atoms with Crippen LogP contribution in [0.15, 0.2) is 0 Å². The molecule has 0 aliphatic carbocycles. The Kier molecular flexibility index (Phi) is 5.24. The molecule has 2 aliphatic rings. The molecule has 2 aliphatic heterocycles. The van der Waals surface area contributed by atoms with Gasteiger partial charge in [0.05, 0.1) is 5.92 Å². The first kappa shape index (κ1) is 14.1. The molecule has 0 spiro atoms. The van der Waals surface area contributed by atoms with Gasteiger partial charge in [0, 0.05) is 42.0 Å². The molecule has 0 bridgehead atoms. The van der Waals surface area contributed by atoms with Gasteiger partial charge < -0.3 is 10.0 Å². The number of hydrogen-bond donors (Lipinski definition) is 1. The summed E-state index contributed by atoms with van der Waals surface area (Å²) in [5, 5.41) is 9.43. The van der Waals surface area contributed by atoms with Gasteiger partial charge in [0.2, 0.25) is 5.91 Å². The molecule has 4 nitrogen and oxygen atoms in total. The summed E-state index contributed by atoms with van der Waals surface area (Å²) in [6.07, 6.45) is 2.09. The lowest BCUT2D eigenvalue weighted by Crippen LogP contribution is -2.43. The van der Waals surface area contributed by atoms with Crippen molar-refractivity contribution in [2.45, 2.75) is 24.5 Å². The van der Waals surface area contributed by atoms with Crippen LogP contribution < -0.4 is 0 Å². The van der Waals surface area contributed by atoms with Crippen LogP contribution in [0.3, 0.4) is 0 Å². The topological polar surface area (TPSA) is 57.6 Å². The largest absolute Gasteiger partial charge is 0.481 e. The average molecular weight is 289 g/mol. The fourth-order valence-corrected chi connectivity index (χ4v) is 5.05. The number of hydrogen-bond acceptors (Lipinski definition) is 4. The van der Waals surface area contributed by atoms with Crippen LogP contribution in [0.4, 0.5) is 0 Å². The molecule has 18 heavy (non-hydrogen) atoms. The third-order valence-corrected chi connectivity index (χ3v) is 6.26. The van der Waals surface area contributed by atoms with Crippen LogP contribution in [-0.4, -0.2) is 57.5 Å². The SMILES string of the molecule is O=C(O)[C@H]1CCCN(C(=O)CC2CSCCS2)C1. The summed E-state index contributed by atoms with van der Waals surface area (Å²) in [5.41, 5.74) is 0. The van der Waals surface area contributed by atoms with E-state index >= 15 is 0 Å². The molecular formula is C12H19NO3S2. The molecule has 0 aromatic rings. The van der Waals surface area contributed by atoms with Crippen LogP contribution in [0.2, 0.25) is 0 Å². The highest BCUT2D eigenvalue weighted by atomic mass is 32.2. The lowest BCUT2D eigenvalue weighted by molar-refractivity contribution is -0.145. The summed E-state index contributed by atoms with van der Waals surface area (Å²) < 4.78 is 0. The number of amides is 1. The molecule has 0 aromatic heterocycles. The number of piperidine rings is 1. The van der Waals surface area contributed by atoms with Gasteiger partial charge in [-0.1, -0.05) is 0 Å².